The Balaban J connectivity index is 4.06. The fraction of sp³-hybridized carbons (Fsp3) is 0.909. The Morgan fingerprint density at radius 3 is 2.07 bits per heavy atom. The Hall–Kier alpha value is -0.570. The Kier molecular flexibility index (Phi) is 6.54. The molecule has 2 atom stereocenters. The molecule has 14 heavy (non-hydrogen) atoms. The van der Waals surface area contributed by atoms with Gasteiger partial charge in [0.1, 0.15) is 6.10 Å². The molecule has 0 bridgehead atoms. The van der Waals surface area contributed by atoms with Gasteiger partial charge in [0, 0.05) is 0 Å². The van der Waals surface area contributed by atoms with Gasteiger partial charge in [-0.2, -0.15) is 0 Å². The summed E-state index contributed by atoms with van der Waals surface area (Å²) in [5.41, 5.74) is 0. The number of hydrogen-bond donors (Lipinski definition) is 1. The van der Waals surface area contributed by atoms with Crippen molar-refractivity contribution in [1.82, 2.24) is 0 Å². The summed E-state index contributed by atoms with van der Waals surface area (Å²) in [4.78, 5) is 11.5. The highest BCUT2D eigenvalue weighted by molar-refractivity contribution is 5.72. The molecule has 1 N–H and O–H groups in total. The molecule has 0 aliphatic carbocycles. The summed E-state index contributed by atoms with van der Waals surface area (Å²) in [5, 5.41) is 9.45. The summed E-state index contributed by atoms with van der Waals surface area (Å²) in [6.45, 7) is 7.54. The van der Waals surface area contributed by atoms with E-state index in [4.69, 9.17) is 4.74 Å². The molecule has 0 amide bonds. The molecule has 0 aromatic carbocycles. The molecule has 3 heteroatoms. The van der Waals surface area contributed by atoms with E-state index in [-0.39, 0.29) is 12.1 Å². The number of aliphatic hydroxyl groups excluding tert-OH is 1. The van der Waals surface area contributed by atoms with Crippen LogP contribution in [0.4, 0.5) is 0 Å². The van der Waals surface area contributed by atoms with Crippen LogP contribution in [0.1, 0.15) is 47.0 Å². The van der Waals surface area contributed by atoms with Crippen molar-refractivity contribution in [3.8, 4) is 0 Å². The predicted molar refractivity (Wildman–Crippen MR) is 55.9 cm³/mol. The number of carbonyl (C=O) groups excluding carboxylic acids is 1. The van der Waals surface area contributed by atoms with Crippen molar-refractivity contribution in [2.75, 3.05) is 0 Å². The number of ether oxygens (including phenoxy) is 1. The van der Waals surface area contributed by atoms with Gasteiger partial charge in [-0.05, 0) is 26.2 Å². The first-order chi connectivity index (χ1) is 6.56. The zero-order chi connectivity index (χ0) is 11.1. The minimum absolute atomic E-state index is 0.00555. The molecule has 2 unspecified atom stereocenters. The molecule has 0 saturated carbocycles. The molecule has 0 saturated heterocycles. The lowest BCUT2D eigenvalue weighted by molar-refractivity contribution is -0.157. The third kappa shape index (κ3) is 4.09. The maximum Gasteiger partial charge on any atom is 0.311 e. The van der Waals surface area contributed by atoms with Gasteiger partial charge in [0.25, 0.3) is 0 Å². The minimum atomic E-state index is -0.586. The highest BCUT2D eigenvalue weighted by Crippen LogP contribution is 2.12. The summed E-state index contributed by atoms with van der Waals surface area (Å²) in [6.07, 6.45) is 1.65. The summed E-state index contributed by atoms with van der Waals surface area (Å²) in [5.74, 6) is -0.700. The van der Waals surface area contributed by atoms with Crippen LogP contribution >= 0.6 is 0 Å². The average Bonchev–Trinajstić information content (AvgIpc) is 2.23. The zero-order valence-corrected chi connectivity index (χ0v) is 9.62. The second kappa shape index (κ2) is 6.82. The van der Waals surface area contributed by atoms with E-state index in [9.17, 15) is 9.90 Å². The summed E-state index contributed by atoms with van der Waals surface area (Å²) in [7, 11) is 0. The first kappa shape index (κ1) is 13.4. The number of aliphatic hydroxyl groups is 1. The van der Waals surface area contributed by atoms with Crippen LogP contribution in [0.3, 0.4) is 0 Å². The van der Waals surface area contributed by atoms with Gasteiger partial charge in [0.15, 0.2) is 0 Å². The summed E-state index contributed by atoms with van der Waals surface area (Å²) < 4.78 is 5.23. The monoisotopic (exact) mass is 202 g/mol. The molecule has 0 aliphatic heterocycles. The highest BCUT2D eigenvalue weighted by Gasteiger charge is 2.23. The van der Waals surface area contributed by atoms with Gasteiger partial charge in [0.05, 0.1) is 12.0 Å². The second-order valence-corrected chi connectivity index (χ2v) is 3.64. The first-order valence-corrected chi connectivity index (χ1v) is 5.45. The Labute approximate surface area is 86.5 Å². The summed E-state index contributed by atoms with van der Waals surface area (Å²) in [6, 6.07) is 0. The van der Waals surface area contributed by atoms with Crippen LogP contribution in [0, 0.1) is 5.92 Å². The molecule has 0 radical (unpaired) electrons. The molecule has 84 valence electrons. The quantitative estimate of drug-likeness (QED) is 0.671. The van der Waals surface area contributed by atoms with E-state index in [2.05, 4.69) is 0 Å². The van der Waals surface area contributed by atoms with Crippen LogP contribution in [0.5, 0.6) is 0 Å². The SMILES string of the molecule is CCC(CC)OC(=O)C(C)C(O)CC. The maximum atomic E-state index is 11.5. The second-order valence-electron chi connectivity index (χ2n) is 3.64. The fourth-order valence-corrected chi connectivity index (χ4v) is 1.24. The van der Waals surface area contributed by atoms with Crippen molar-refractivity contribution in [3.05, 3.63) is 0 Å². The fourth-order valence-electron chi connectivity index (χ4n) is 1.24. The van der Waals surface area contributed by atoms with Gasteiger partial charge in [-0.3, -0.25) is 4.79 Å². The topological polar surface area (TPSA) is 46.5 Å². The van der Waals surface area contributed by atoms with Crippen LogP contribution in [-0.2, 0) is 9.53 Å². The predicted octanol–water partition coefficient (Wildman–Crippen LogP) is 2.13. The van der Waals surface area contributed by atoms with E-state index in [1.807, 2.05) is 20.8 Å². The lowest BCUT2D eigenvalue weighted by atomic mass is 10.0. The van der Waals surface area contributed by atoms with Crippen LogP contribution in [0.15, 0.2) is 0 Å². The molecule has 0 spiro atoms. The molecule has 0 aromatic rings. The molecule has 0 heterocycles. The molecule has 0 fully saturated rings. The minimum Gasteiger partial charge on any atom is -0.462 e. The van der Waals surface area contributed by atoms with E-state index in [0.29, 0.717) is 6.42 Å². The van der Waals surface area contributed by atoms with Crippen LogP contribution in [0.25, 0.3) is 0 Å². The number of carbonyl (C=O) groups is 1. The van der Waals surface area contributed by atoms with Gasteiger partial charge in [-0.25, -0.2) is 0 Å². The van der Waals surface area contributed by atoms with Crippen molar-refractivity contribution in [2.45, 2.75) is 59.2 Å². The van der Waals surface area contributed by atoms with Crippen molar-refractivity contribution in [3.63, 3.8) is 0 Å². The van der Waals surface area contributed by atoms with Crippen molar-refractivity contribution in [2.24, 2.45) is 5.92 Å². The van der Waals surface area contributed by atoms with Gasteiger partial charge >= 0.3 is 5.97 Å². The molecule has 0 aromatic heterocycles. The van der Waals surface area contributed by atoms with E-state index >= 15 is 0 Å². The Morgan fingerprint density at radius 1 is 1.21 bits per heavy atom. The Morgan fingerprint density at radius 2 is 1.71 bits per heavy atom. The van der Waals surface area contributed by atoms with Crippen molar-refractivity contribution >= 4 is 5.97 Å². The first-order valence-electron chi connectivity index (χ1n) is 5.45. The summed E-state index contributed by atoms with van der Waals surface area (Å²) >= 11 is 0. The van der Waals surface area contributed by atoms with E-state index in [0.717, 1.165) is 12.8 Å². The van der Waals surface area contributed by atoms with E-state index in [1.54, 1.807) is 6.92 Å². The largest absolute Gasteiger partial charge is 0.462 e. The normalized spacial score (nSPS) is 15.3. The lowest BCUT2D eigenvalue weighted by Crippen LogP contribution is -2.29. The van der Waals surface area contributed by atoms with Crippen LogP contribution in [-0.4, -0.2) is 23.3 Å². The average molecular weight is 202 g/mol. The van der Waals surface area contributed by atoms with Gasteiger partial charge < -0.3 is 9.84 Å². The van der Waals surface area contributed by atoms with Gasteiger partial charge in [-0.15, -0.1) is 0 Å². The molecule has 0 aliphatic rings. The lowest BCUT2D eigenvalue weighted by Gasteiger charge is -2.20. The third-order valence-electron chi connectivity index (χ3n) is 2.56. The standard InChI is InChI=1S/C11H22O3/c1-5-9(6-2)14-11(13)8(4)10(12)7-3/h8-10,12H,5-7H2,1-4H3. The third-order valence-corrected chi connectivity index (χ3v) is 2.56. The maximum absolute atomic E-state index is 11.5. The van der Waals surface area contributed by atoms with E-state index in [1.165, 1.54) is 0 Å². The van der Waals surface area contributed by atoms with Crippen LogP contribution < -0.4 is 0 Å². The smallest absolute Gasteiger partial charge is 0.311 e. The van der Waals surface area contributed by atoms with Gasteiger partial charge in [0.2, 0.25) is 0 Å². The van der Waals surface area contributed by atoms with Crippen molar-refractivity contribution < 1.29 is 14.6 Å². The highest BCUT2D eigenvalue weighted by atomic mass is 16.5. The molecule has 3 nitrogen and oxygen atoms in total. The van der Waals surface area contributed by atoms with E-state index < -0.39 is 12.0 Å². The number of hydrogen-bond acceptors (Lipinski definition) is 3. The van der Waals surface area contributed by atoms with Crippen LogP contribution in [0.2, 0.25) is 0 Å². The number of esters is 1. The Bertz CT molecular complexity index is 164. The molecule has 0 rings (SSSR count). The van der Waals surface area contributed by atoms with Gasteiger partial charge in [-0.1, -0.05) is 20.8 Å². The van der Waals surface area contributed by atoms with Crippen molar-refractivity contribution in [1.29, 1.82) is 0 Å². The zero-order valence-electron chi connectivity index (χ0n) is 9.62. The molecular weight excluding hydrogens is 180 g/mol. The molecular formula is C11H22O3. The number of rotatable bonds is 6.